The highest BCUT2D eigenvalue weighted by Crippen LogP contribution is 2.31. The zero-order valence-corrected chi connectivity index (χ0v) is 19.5. The molecule has 1 aromatic rings. The Morgan fingerprint density at radius 1 is 0.912 bits per heavy atom. The second-order valence-corrected chi connectivity index (χ2v) is 9.15. The van der Waals surface area contributed by atoms with Crippen LogP contribution in [0.3, 0.4) is 0 Å². The molecular weight excluding hydrogens is 438 g/mol. The van der Waals surface area contributed by atoms with Gasteiger partial charge in [-0.1, -0.05) is 18.2 Å². The topological polar surface area (TPSA) is 96.5 Å². The fourth-order valence-corrected chi connectivity index (χ4v) is 5.16. The van der Waals surface area contributed by atoms with E-state index >= 15 is 0 Å². The van der Waals surface area contributed by atoms with E-state index in [0.717, 1.165) is 37.0 Å². The van der Waals surface area contributed by atoms with Gasteiger partial charge in [0.1, 0.15) is 19.0 Å². The monoisotopic (exact) mass is 471 g/mol. The summed E-state index contributed by atoms with van der Waals surface area (Å²) >= 11 is 0. The first kappa shape index (κ1) is 24.2. The van der Waals surface area contributed by atoms with Crippen LogP contribution in [0.15, 0.2) is 30.3 Å². The molecule has 0 radical (unpaired) electrons. The molecule has 34 heavy (non-hydrogen) atoms. The van der Waals surface area contributed by atoms with Gasteiger partial charge in [0, 0.05) is 38.6 Å². The van der Waals surface area contributed by atoms with Crippen molar-refractivity contribution < 1.29 is 28.7 Å². The molecule has 0 unspecified atom stereocenters. The summed E-state index contributed by atoms with van der Waals surface area (Å²) in [5, 5.41) is 0. The third kappa shape index (κ3) is 5.94. The summed E-state index contributed by atoms with van der Waals surface area (Å²) in [5.41, 5.74) is 0. The lowest BCUT2D eigenvalue weighted by Gasteiger charge is -2.44. The second kappa shape index (κ2) is 11.5. The highest BCUT2D eigenvalue weighted by molar-refractivity contribution is 5.98. The highest BCUT2D eigenvalue weighted by atomic mass is 16.5. The largest absolute Gasteiger partial charge is 0.484 e. The maximum Gasteiger partial charge on any atom is 0.260 e. The zero-order valence-electron chi connectivity index (χ0n) is 19.5. The summed E-state index contributed by atoms with van der Waals surface area (Å²) in [5.74, 6) is 0.239. The van der Waals surface area contributed by atoms with Gasteiger partial charge in [-0.2, -0.15) is 0 Å². The van der Waals surface area contributed by atoms with E-state index in [-0.39, 0.29) is 62.5 Å². The van der Waals surface area contributed by atoms with Crippen molar-refractivity contribution in [1.82, 2.24) is 14.7 Å². The quantitative estimate of drug-likeness (QED) is 0.559. The van der Waals surface area contributed by atoms with E-state index < -0.39 is 0 Å². The SMILES string of the molecule is O=C(COc1ccccc1)N1CCC([C@@H]2CCCCN2C(=O)CCN2C(=O)COCC2=O)CC1. The van der Waals surface area contributed by atoms with Crippen LogP contribution in [0, 0.1) is 5.92 Å². The molecular formula is C25H33N3O6. The molecule has 0 aliphatic carbocycles. The molecule has 1 aromatic carbocycles. The lowest BCUT2D eigenvalue weighted by molar-refractivity contribution is -0.159. The molecule has 0 saturated carbocycles. The molecule has 1 atom stereocenters. The molecule has 3 aliphatic heterocycles. The number of para-hydroxylation sites is 1. The minimum absolute atomic E-state index is 0.00782. The molecule has 0 aromatic heterocycles. The van der Waals surface area contributed by atoms with Gasteiger partial charge in [0.2, 0.25) is 5.91 Å². The number of likely N-dealkylation sites (tertiary alicyclic amines) is 2. The number of carbonyl (C=O) groups is 4. The number of benzene rings is 1. The van der Waals surface area contributed by atoms with Gasteiger partial charge < -0.3 is 19.3 Å². The van der Waals surface area contributed by atoms with Gasteiger partial charge in [-0.25, -0.2) is 0 Å². The predicted molar refractivity (Wildman–Crippen MR) is 123 cm³/mol. The van der Waals surface area contributed by atoms with Crippen molar-refractivity contribution >= 4 is 23.6 Å². The fourth-order valence-electron chi connectivity index (χ4n) is 5.16. The minimum atomic E-state index is -0.382. The molecule has 3 heterocycles. The van der Waals surface area contributed by atoms with E-state index in [4.69, 9.17) is 9.47 Å². The Kier molecular flexibility index (Phi) is 8.16. The number of hydrogen-bond acceptors (Lipinski definition) is 6. The molecule has 3 aliphatic rings. The van der Waals surface area contributed by atoms with E-state index in [1.807, 2.05) is 40.1 Å². The van der Waals surface area contributed by atoms with Crippen LogP contribution in [0.4, 0.5) is 0 Å². The Morgan fingerprint density at radius 2 is 1.62 bits per heavy atom. The molecule has 3 fully saturated rings. The first-order valence-electron chi connectivity index (χ1n) is 12.2. The number of morpholine rings is 1. The Hall–Kier alpha value is -2.94. The van der Waals surface area contributed by atoms with Crippen LogP contribution < -0.4 is 4.74 Å². The van der Waals surface area contributed by atoms with Crippen LogP contribution in [0.1, 0.15) is 38.5 Å². The van der Waals surface area contributed by atoms with Crippen LogP contribution in [0.2, 0.25) is 0 Å². The molecule has 9 nitrogen and oxygen atoms in total. The molecule has 0 spiro atoms. The number of piperidine rings is 2. The third-order valence-corrected chi connectivity index (χ3v) is 7.01. The van der Waals surface area contributed by atoms with Crippen molar-refractivity contribution in [2.45, 2.75) is 44.6 Å². The van der Waals surface area contributed by atoms with Crippen LogP contribution in [-0.4, -0.2) is 90.4 Å². The van der Waals surface area contributed by atoms with Gasteiger partial charge in [-0.05, 0) is 50.2 Å². The zero-order chi connectivity index (χ0) is 23.9. The van der Waals surface area contributed by atoms with Gasteiger partial charge in [0.25, 0.3) is 17.7 Å². The van der Waals surface area contributed by atoms with Gasteiger partial charge in [-0.3, -0.25) is 24.1 Å². The summed E-state index contributed by atoms with van der Waals surface area (Å²) in [6.45, 7) is 1.95. The van der Waals surface area contributed by atoms with E-state index in [1.165, 1.54) is 0 Å². The van der Waals surface area contributed by atoms with E-state index in [0.29, 0.717) is 31.3 Å². The fraction of sp³-hybridized carbons (Fsp3) is 0.600. The highest BCUT2D eigenvalue weighted by Gasteiger charge is 2.36. The maximum absolute atomic E-state index is 13.1. The second-order valence-electron chi connectivity index (χ2n) is 9.15. The Morgan fingerprint density at radius 3 is 2.32 bits per heavy atom. The van der Waals surface area contributed by atoms with E-state index in [9.17, 15) is 19.2 Å². The Bertz CT molecular complexity index is 868. The molecule has 0 N–H and O–H groups in total. The molecule has 4 rings (SSSR count). The minimum Gasteiger partial charge on any atom is -0.484 e. The average molecular weight is 472 g/mol. The van der Waals surface area contributed by atoms with Gasteiger partial charge in [0.15, 0.2) is 6.61 Å². The summed E-state index contributed by atoms with van der Waals surface area (Å²) in [6.07, 6.45) is 4.85. The molecule has 9 heteroatoms. The normalized spacial score (nSPS) is 22.1. The lowest BCUT2D eigenvalue weighted by atomic mass is 9.83. The lowest BCUT2D eigenvalue weighted by Crippen LogP contribution is -2.52. The molecule has 3 saturated heterocycles. The smallest absolute Gasteiger partial charge is 0.260 e. The van der Waals surface area contributed by atoms with Crippen LogP contribution in [0.5, 0.6) is 5.75 Å². The average Bonchev–Trinajstić information content (AvgIpc) is 2.87. The van der Waals surface area contributed by atoms with Gasteiger partial charge >= 0.3 is 0 Å². The van der Waals surface area contributed by atoms with Crippen molar-refractivity contribution in [3.05, 3.63) is 30.3 Å². The van der Waals surface area contributed by atoms with E-state index in [1.54, 1.807) is 0 Å². The molecule has 184 valence electrons. The van der Waals surface area contributed by atoms with Crippen LogP contribution >= 0.6 is 0 Å². The standard InChI is InChI=1S/C25H33N3O6/c29-22(11-15-28-24(31)16-33-17-25(28)32)27-12-5-4-8-21(27)19-9-13-26(14-10-19)23(30)18-34-20-6-2-1-3-7-20/h1-3,6-7,19,21H,4-5,8-18H2/t21-/m0/s1. The van der Waals surface area contributed by atoms with E-state index in [2.05, 4.69) is 0 Å². The van der Waals surface area contributed by atoms with Crippen molar-refractivity contribution in [2.75, 3.05) is 46.0 Å². The molecule has 4 amide bonds. The summed E-state index contributed by atoms with van der Waals surface area (Å²) < 4.78 is 10.5. The number of hydrogen-bond donors (Lipinski definition) is 0. The first-order valence-corrected chi connectivity index (χ1v) is 12.2. The number of nitrogens with zero attached hydrogens (tertiary/aromatic N) is 3. The van der Waals surface area contributed by atoms with Crippen LogP contribution in [-0.2, 0) is 23.9 Å². The maximum atomic E-state index is 13.1. The predicted octanol–water partition coefficient (Wildman–Crippen LogP) is 1.46. The first-order chi connectivity index (χ1) is 16.5. The number of carbonyl (C=O) groups excluding carboxylic acids is 4. The van der Waals surface area contributed by atoms with Crippen molar-refractivity contribution in [2.24, 2.45) is 5.92 Å². The third-order valence-electron chi connectivity index (χ3n) is 7.01. The Labute approximate surface area is 200 Å². The number of amides is 4. The molecule has 0 bridgehead atoms. The summed E-state index contributed by atoms with van der Waals surface area (Å²) in [7, 11) is 0. The van der Waals surface area contributed by atoms with Gasteiger partial charge in [0.05, 0.1) is 0 Å². The summed E-state index contributed by atoms with van der Waals surface area (Å²) in [6, 6.07) is 9.46. The number of ether oxygens (including phenoxy) is 2. The number of rotatable bonds is 7. The van der Waals surface area contributed by atoms with Crippen molar-refractivity contribution in [3.63, 3.8) is 0 Å². The van der Waals surface area contributed by atoms with Gasteiger partial charge in [-0.15, -0.1) is 0 Å². The summed E-state index contributed by atoms with van der Waals surface area (Å²) in [4.78, 5) is 54.5. The Balaban J connectivity index is 1.26. The number of imide groups is 1. The van der Waals surface area contributed by atoms with Crippen molar-refractivity contribution in [3.8, 4) is 5.75 Å². The van der Waals surface area contributed by atoms with Crippen molar-refractivity contribution in [1.29, 1.82) is 0 Å². The van der Waals surface area contributed by atoms with Crippen LogP contribution in [0.25, 0.3) is 0 Å².